The van der Waals surface area contributed by atoms with Gasteiger partial charge < -0.3 is 15.4 Å². The summed E-state index contributed by atoms with van der Waals surface area (Å²) >= 11 is 5.82. The Morgan fingerprint density at radius 2 is 2.30 bits per heavy atom. The van der Waals surface area contributed by atoms with Gasteiger partial charge in [-0.15, -0.1) is 0 Å². The molecular weight excluding hydrogens is 278 g/mol. The third kappa shape index (κ3) is 3.65. The summed E-state index contributed by atoms with van der Waals surface area (Å²) in [5.74, 6) is -0.496. The highest BCUT2D eigenvalue weighted by atomic mass is 35.5. The van der Waals surface area contributed by atoms with Gasteiger partial charge in [0.05, 0.1) is 25.2 Å². The average molecular weight is 297 g/mol. The SMILES string of the molecule is CC[NH+]1CC=C(NNC(=O)c2cc(Cl)ccc2O)CC1. The number of quaternary nitrogens is 1. The average Bonchev–Trinajstić information content (AvgIpc) is 2.47. The van der Waals surface area contributed by atoms with Crippen molar-refractivity contribution in [1.82, 2.24) is 10.9 Å². The van der Waals surface area contributed by atoms with E-state index < -0.39 is 5.91 Å². The molecule has 1 aliphatic heterocycles. The van der Waals surface area contributed by atoms with Crippen LogP contribution in [-0.2, 0) is 0 Å². The summed E-state index contributed by atoms with van der Waals surface area (Å²) < 4.78 is 0. The van der Waals surface area contributed by atoms with Crippen molar-refractivity contribution in [3.63, 3.8) is 0 Å². The number of hydrogen-bond donors (Lipinski definition) is 4. The van der Waals surface area contributed by atoms with E-state index in [1.807, 2.05) is 0 Å². The normalized spacial score (nSPS) is 18.3. The maximum absolute atomic E-state index is 12.0. The van der Waals surface area contributed by atoms with Gasteiger partial charge in [0, 0.05) is 17.1 Å². The Kier molecular flexibility index (Phi) is 4.87. The van der Waals surface area contributed by atoms with Crippen LogP contribution in [0, 0.1) is 0 Å². The number of rotatable bonds is 4. The Bertz CT molecular complexity index is 531. The van der Waals surface area contributed by atoms with Gasteiger partial charge in [-0.2, -0.15) is 0 Å². The van der Waals surface area contributed by atoms with Crippen molar-refractivity contribution in [3.05, 3.63) is 40.6 Å². The van der Waals surface area contributed by atoms with Crippen molar-refractivity contribution in [2.45, 2.75) is 13.3 Å². The molecule has 1 aliphatic rings. The first-order valence-electron chi connectivity index (χ1n) is 6.67. The third-order valence-electron chi connectivity index (χ3n) is 3.42. The smallest absolute Gasteiger partial charge is 0.273 e. The summed E-state index contributed by atoms with van der Waals surface area (Å²) in [4.78, 5) is 13.5. The van der Waals surface area contributed by atoms with Crippen LogP contribution in [0.15, 0.2) is 30.0 Å². The first kappa shape index (κ1) is 14.7. The number of carbonyl (C=O) groups excluding carboxylic acids is 1. The van der Waals surface area contributed by atoms with Crippen molar-refractivity contribution in [1.29, 1.82) is 0 Å². The molecule has 1 amide bonds. The highest BCUT2D eigenvalue weighted by molar-refractivity contribution is 6.31. The Morgan fingerprint density at radius 1 is 1.50 bits per heavy atom. The molecule has 0 bridgehead atoms. The lowest BCUT2D eigenvalue weighted by Crippen LogP contribution is -3.12. The first-order chi connectivity index (χ1) is 9.60. The predicted octanol–water partition coefficient (Wildman–Crippen LogP) is 0.472. The third-order valence-corrected chi connectivity index (χ3v) is 3.66. The molecule has 6 heteroatoms. The molecule has 1 unspecified atom stereocenters. The number of phenols is 1. The quantitative estimate of drug-likeness (QED) is 0.611. The molecule has 0 fully saturated rings. The minimum absolute atomic E-state index is 0.0899. The summed E-state index contributed by atoms with van der Waals surface area (Å²) in [7, 11) is 0. The number of aromatic hydroxyl groups is 1. The molecule has 1 aromatic rings. The van der Waals surface area contributed by atoms with Gasteiger partial charge in [0.1, 0.15) is 5.75 Å². The van der Waals surface area contributed by atoms with Crippen LogP contribution in [0.3, 0.4) is 0 Å². The summed E-state index contributed by atoms with van der Waals surface area (Å²) in [6, 6.07) is 4.37. The Hall–Kier alpha value is -1.72. The Labute approximate surface area is 123 Å². The molecule has 0 radical (unpaired) electrons. The van der Waals surface area contributed by atoms with Crippen LogP contribution in [0.4, 0.5) is 0 Å². The van der Waals surface area contributed by atoms with Crippen LogP contribution >= 0.6 is 11.6 Å². The minimum atomic E-state index is -0.406. The van der Waals surface area contributed by atoms with Gasteiger partial charge in [0.25, 0.3) is 5.91 Å². The molecule has 0 aliphatic carbocycles. The van der Waals surface area contributed by atoms with Gasteiger partial charge in [-0.25, -0.2) is 0 Å². The molecule has 2 rings (SSSR count). The molecule has 0 spiro atoms. The number of halogens is 1. The fraction of sp³-hybridized carbons (Fsp3) is 0.357. The number of benzene rings is 1. The number of amides is 1. The lowest BCUT2D eigenvalue weighted by molar-refractivity contribution is -0.893. The summed E-state index contributed by atoms with van der Waals surface area (Å²) in [5.41, 5.74) is 6.64. The second-order valence-electron chi connectivity index (χ2n) is 4.78. The maximum atomic E-state index is 12.0. The lowest BCUT2D eigenvalue weighted by atomic mass is 10.2. The molecule has 4 N–H and O–H groups in total. The molecule has 0 aromatic heterocycles. The van der Waals surface area contributed by atoms with E-state index in [0.717, 1.165) is 31.8 Å². The van der Waals surface area contributed by atoms with Gasteiger partial charge in [0.15, 0.2) is 0 Å². The van der Waals surface area contributed by atoms with Gasteiger partial charge in [-0.1, -0.05) is 11.6 Å². The predicted molar refractivity (Wildman–Crippen MR) is 77.7 cm³/mol. The lowest BCUT2D eigenvalue weighted by Gasteiger charge is -2.23. The number of hydrazine groups is 1. The van der Waals surface area contributed by atoms with E-state index in [4.69, 9.17) is 11.6 Å². The van der Waals surface area contributed by atoms with Gasteiger partial charge in [-0.05, 0) is 31.2 Å². The zero-order chi connectivity index (χ0) is 14.5. The molecule has 1 heterocycles. The molecule has 1 aromatic carbocycles. The van der Waals surface area contributed by atoms with Crippen LogP contribution in [0.25, 0.3) is 0 Å². The zero-order valence-electron chi connectivity index (χ0n) is 11.4. The van der Waals surface area contributed by atoms with Crippen molar-refractivity contribution >= 4 is 17.5 Å². The van der Waals surface area contributed by atoms with Crippen LogP contribution in [0.1, 0.15) is 23.7 Å². The van der Waals surface area contributed by atoms with E-state index in [1.165, 1.54) is 23.1 Å². The van der Waals surface area contributed by atoms with Crippen LogP contribution < -0.4 is 15.8 Å². The molecule has 5 nitrogen and oxygen atoms in total. The monoisotopic (exact) mass is 296 g/mol. The fourth-order valence-corrected chi connectivity index (χ4v) is 2.28. The fourth-order valence-electron chi connectivity index (χ4n) is 2.11. The molecule has 1 atom stereocenters. The van der Waals surface area contributed by atoms with Gasteiger partial charge >= 0.3 is 0 Å². The van der Waals surface area contributed by atoms with E-state index in [2.05, 4.69) is 23.9 Å². The van der Waals surface area contributed by atoms with Crippen molar-refractivity contribution in [2.75, 3.05) is 19.6 Å². The Morgan fingerprint density at radius 3 is 2.95 bits per heavy atom. The molecule has 0 saturated carbocycles. The van der Waals surface area contributed by atoms with Crippen molar-refractivity contribution in [2.24, 2.45) is 0 Å². The van der Waals surface area contributed by atoms with Gasteiger partial charge in [-0.3, -0.25) is 10.2 Å². The van der Waals surface area contributed by atoms with Crippen molar-refractivity contribution < 1.29 is 14.8 Å². The number of phenolic OH excluding ortho intramolecular Hbond substituents is 1. The molecule has 108 valence electrons. The van der Waals surface area contributed by atoms with E-state index in [1.54, 1.807) is 0 Å². The number of likely N-dealkylation sites (N-methyl/N-ethyl adjacent to an activating group) is 1. The zero-order valence-corrected chi connectivity index (χ0v) is 12.1. The highest BCUT2D eigenvalue weighted by Crippen LogP contribution is 2.21. The second-order valence-corrected chi connectivity index (χ2v) is 5.21. The van der Waals surface area contributed by atoms with Crippen LogP contribution in [-0.4, -0.2) is 30.6 Å². The van der Waals surface area contributed by atoms with E-state index in [-0.39, 0.29) is 11.3 Å². The first-order valence-corrected chi connectivity index (χ1v) is 7.05. The van der Waals surface area contributed by atoms with E-state index in [9.17, 15) is 9.90 Å². The second kappa shape index (κ2) is 6.63. The standard InChI is InChI=1S/C14H18ClN3O2/c1-2-18-7-5-11(6-8-18)16-17-14(20)12-9-10(15)3-4-13(12)19/h3-5,9,16,19H,2,6-8H2,1H3,(H,17,20)/p+1. The van der Waals surface area contributed by atoms with Crippen LogP contribution in [0.2, 0.25) is 5.02 Å². The number of nitrogens with one attached hydrogen (secondary N) is 3. The number of hydrogen-bond acceptors (Lipinski definition) is 3. The molecular formula is C14H19ClN3O2+. The number of carbonyl (C=O) groups is 1. The van der Waals surface area contributed by atoms with Crippen molar-refractivity contribution in [3.8, 4) is 5.75 Å². The van der Waals surface area contributed by atoms with E-state index >= 15 is 0 Å². The van der Waals surface area contributed by atoms with Crippen LogP contribution in [0.5, 0.6) is 5.75 Å². The Balaban J connectivity index is 1.93. The highest BCUT2D eigenvalue weighted by Gasteiger charge is 2.15. The summed E-state index contributed by atoms with van der Waals surface area (Å²) in [6.45, 7) is 5.27. The van der Waals surface area contributed by atoms with Gasteiger partial charge in [0.2, 0.25) is 0 Å². The molecule has 20 heavy (non-hydrogen) atoms. The van der Waals surface area contributed by atoms with E-state index in [0.29, 0.717) is 5.02 Å². The summed E-state index contributed by atoms with van der Waals surface area (Å²) in [5, 5.41) is 10.1. The molecule has 0 saturated heterocycles. The topological polar surface area (TPSA) is 65.8 Å². The largest absolute Gasteiger partial charge is 0.507 e. The summed E-state index contributed by atoms with van der Waals surface area (Å²) in [6.07, 6.45) is 2.98. The maximum Gasteiger partial charge on any atom is 0.273 e. The minimum Gasteiger partial charge on any atom is -0.507 e.